The molecule has 0 radical (unpaired) electrons. The molecule has 2 aliphatic rings. The summed E-state index contributed by atoms with van der Waals surface area (Å²) in [6.07, 6.45) is 4.87. The normalized spacial score (nSPS) is 18.5. The van der Waals surface area contributed by atoms with Crippen molar-refractivity contribution >= 4 is 34.5 Å². The third kappa shape index (κ3) is 5.17. The molecule has 0 saturated heterocycles. The van der Waals surface area contributed by atoms with Gasteiger partial charge in [-0.3, -0.25) is 14.5 Å². The van der Waals surface area contributed by atoms with Crippen LogP contribution in [0.15, 0.2) is 58.1 Å². The van der Waals surface area contributed by atoms with Crippen molar-refractivity contribution in [1.29, 1.82) is 5.26 Å². The first-order chi connectivity index (χ1) is 15.0. The number of amidine groups is 1. The largest absolute Gasteiger partial charge is 0.459 e. The Labute approximate surface area is 191 Å². The highest BCUT2D eigenvalue weighted by Gasteiger charge is 2.36. The van der Waals surface area contributed by atoms with Crippen LogP contribution in [0.3, 0.4) is 0 Å². The lowest BCUT2D eigenvalue weighted by Gasteiger charge is -2.32. The smallest absolute Gasteiger partial charge is 0.316 e. The molecule has 6 nitrogen and oxygen atoms in total. The van der Waals surface area contributed by atoms with Gasteiger partial charge in [-0.05, 0) is 82.2 Å². The van der Waals surface area contributed by atoms with Crippen molar-refractivity contribution < 1.29 is 18.7 Å². The SMILES string of the molecule is CC1=CC(C#N)=CC=C2C(=O)N(c3ccc(F)c(C)c3)C(SCC(=O)OC(C)(C)C)=NC12. The lowest BCUT2D eigenvalue weighted by molar-refractivity contribution is -0.151. The van der Waals surface area contributed by atoms with Gasteiger partial charge in [-0.1, -0.05) is 11.8 Å². The van der Waals surface area contributed by atoms with Crippen LogP contribution in [-0.4, -0.2) is 34.4 Å². The summed E-state index contributed by atoms with van der Waals surface area (Å²) in [4.78, 5) is 32.0. The number of nitriles is 1. The maximum Gasteiger partial charge on any atom is 0.316 e. The van der Waals surface area contributed by atoms with Gasteiger partial charge in [0, 0.05) is 5.57 Å². The molecule has 0 fully saturated rings. The summed E-state index contributed by atoms with van der Waals surface area (Å²) in [6.45, 7) is 8.75. The van der Waals surface area contributed by atoms with Gasteiger partial charge in [-0.25, -0.2) is 9.38 Å². The van der Waals surface area contributed by atoms with Crippen LogP contribution < -0.4 is 4.90 Å². The molecule has 1 aliphatic heterocycles. The molecule has 1 aromatic carbocycles. The number of allylic oxidation sites excluding steroid dienone is 4. The molecule has 8 heteroatoms. The first-order valence-corrected chi connectivity index (χ1v) is 11.0. The number of aryl methyl sites for hydroxylation is 1. The van der Waals surface area contributed by atoms with Crippen molar-refractivity contribution in [3.05, 3.63) is 64.5 Å². The van der Waals surface area contributed by atoms with Crippen LogP contribution >= 0.6 is 11.8 Å². The topological polar surface area (TPSA) is 82.8 Å². The molecular weight excluding hydrogens is 429 g/mol. The molecule has 32 heavy (non-hydrogen) atoms. The van der Waals surface area contributed by atoms with Gasteiger partial charge in [0.05, 0.1) is 23.1 Å². The highest BCUT2D eigenvalue weighted by molar-refractivity contribution is 8.14. The maximum absolute atomic E-state index is 13.9. The molecule has 1 aromatic rings. The number of halogens is 1. The monoisotopic (exact) mass is 453 g/mol. The van der Waals surface area contributed by atoms with Gasteiger partial charge in [0.15, 0.2) is 5.17 Å². The Morgan fingerprint density at radius 1 is 1.31 bits per heavy atom. The maximum atomic E-state index is 13.9. The van der Waals surface area contributed by atoms with Crippen molar-refractivity contribution in [1.82, 2.24) is 0 Å². The van der Waals surface area contributed by atoms with E-state index in [1.165, 1.54) is 17.0 Å². The number of benzene rings is 1. The zero-order valence-corrected chi connectivity index (χ0v) is 19.4. The summed E-state index contributed by atoms with van der Waals surface area (Å²) in [7, 11) is 0. The van der Waals surface area contributed by atoms with Gasteiger partial charge in [0.1, 0.15) is 17.5 Å². The van der Waals surface area contributed by atoms with E-state index in [1.54, 1.807) is 58.9 Å². The average Bonchev–Trinajstić information content (AvgIpc) is 2.86. The first kappa shape index (κ1) is 23.5. The molecule has 1 amide bonds. The van der Waals surface area contributed by atoms with Crippen LogP contribution in [0.5, 0.6) is 0 Å². The van der Waals surface area contributed by atoms with Crippen molar-refractivity contribution in [2.75, 3.05) is 10.7 Å². The van der Waals surface area contributed by atoms with E-state index in [0.717, 1.165) is 17.3 Å². The molecule has 166 valence electrons. The molecule has 0 saturated carbocycles. The van der Waals surface area contributed by atoms with Crippen LogP contribution in [-0.2, 0) is 14.3 Å². The molecule has 0 N–H and O–H groups in total. The predicted molar refractivity (Wildman–Crippen MR) is 124 cm³/mol. The Morgan fingerprint density at radius 2 is 2.03 bits per heavy atom. The lowest BCUT2D eigenvalue weighted by atomic mass is 9.98. The van der Waals surface area contributed by atoms with E-state index in [1.807, 2.05) is 0 Å². The molecule has 0 spiro atoms. The fourth-order valence-electron chi connectivity index (χ4n) is 3.29. The number of hydrogen-bond acceptors (Lipinski definition) is 6. The number of anilines is 1. The number of esters is 1. The quantitative estimate of drug-likeness (QED) is 0.624. The Bertz CT molecular complexity index is 1140. The van der Waals surface area contributed by atoms with Crippen molar-refractivity contribution in [2.45, 2.75) is 46.3 Å². The van der Waals surface area contributed by atoms with E-state index in [2.05, 4.69) is 6.07 Å². The molecule has 1 heterocycles. The van der Waals surface area contributed by atoms with Crippen molar-refractivity contribution in [2.24, 2.45) is 4.99 Å². The Kier molecular flexibility index (Phi) is 6.70. The third-order valence-corrected chi connectivity index (χ3v) is 5.63. The number of amides is 1. The number of carbonyl (C=O) groups excluding carboxylic acids is 2. The fraction of sp³-hybridized carbons (Fsp3) is 0.333. The van der Waals surface area contributed by atoms with E-state index < -0.39 is 17.6 Å². The molecule has 1 atom stereocenters. The number of ether oxygens (including phenoxy) is 1. The van der Waals surface area contributed by atoms with Gasteiger partial charge >= 0.3 is 5.97 Å². The summed E-state index contributed by atoms with van der Waals surface area (Å²) in [5.41, 5.74) is 1.74. The number of aliphatic imine (C=N–C) groups is 1. The number of hydrogen-bond donors (Lipinski definition) is 0. The summed E-state index contributed by atoms with van der Waals surface area (Å²) in [5.74, 6) is -1.21. The summed E-state index contributed by atoms with van der Waals surface area (Å²) in [6, 6.07) is 5.86. The Balaban J connectivity index is 2.04. The van der Waals surface area contributed by atoms with Crippen LogP contribution in [0.1, 0.15) is 33.3 Å². The number of carbonyl (C=O) groups is 2. The number of thioether (sulfide) groups is 1. The van der Waals surface area contributed by atoms with Gasteiger partial charge in [-0.2, -0.15) is 5.26 Å². The molecule has 0 aromatic heterocycles. The molecule has 0 bridgehead atoms. The molecule has 1 unspecified atom stereocenters. The van der Waals surface area contributed by atoms with E-state index in [-0.39, 0.29) is 17.5 Å². The molecular formula is C24H24FN3O3S. The summed E-state index contributed by atoms with van der Waals surface area (Å²) < 4.78 is 19.2. The van der Waals surface area contributed by atoms with E-state index in [0.29, 0.717) is 27.6 Å². The Hall–Kier alpha value is -3.18. The fourth-order valence-corrected chi connectivity index (χ4v) is 4.10. The number of fused-ring (bicyclic) bond motifs is 1. The summed E-state index contributed by atoms with van der Waals surface area (Å²) >= 11 is 1.08. The zero-order valence-electron chi connectivity index (χ0n) is 18.6. The van der Waals surface area contributed by atoms with E-state index >= 15 is 0 Å². The van der Waals surface area contributed by atoms with Crippen LogP contribution in [0.25, 0.3) is 0 Å². The van der Waals surface area contributed by atoms with E-state index in [9.17, 15) is 19.2 Å². The standard InChI is InChI=1S/C24H24FN3O3S/c1-14-11-17(7-9-19(14)25)28-22(30)18-8-6-16(12-26)10-15(2)21(18)27-23(28)32-13-20(29)31-24(3,4)5/h6-11,21H,13H2,1-5H3. The van der Waals surface area contributed by atoms with Crippen molar-refractivity contribution in [3.63, 3.8) is 0 Å². The number of nitrogens with zero attached hydrogens (tertiary/aromatic N) is 3. The van der Waals surface area contributed by atoms with Crippen LogP contribution in [0.2, 0.25) is 0 Å². The van der Waals surface area contributed by atoms with Gasteiger partial charge in [0.2, 0.25) is 0 Å². The minimum absolute atomic E-state index is 0.0454. The molecule has 1 aliphatic carbocycles. The van der Waals surface area contributed by atoms with Crippen LogP contribution in [0.4, 0.5) is 10.1 Å². The minimum atomic E-state index is -0.633. The Morgan fingerprint density at radius 3 is 2.66 bits per heavy atom. The second kappa shape index (κ2) is 9.13. The lowest BCUT2D eigenvalue weighted by Crippen LogP contribution is -2.44. The second-order valence-corrected chi connectivity index (χ2v) is 9.45. The number of rotatable bonds is 3. The highest BCUT2D eigenvalue weighted by atomic mass is 32.2. The predicted octanol–water partition coefficient (Wildman–Crippen LogP) is 4.62. The van der Waals surface area contributed by atoms with Crippen LogP contribution in [0, 0.1) is 24.1 Å². The second-order valence-electron chi connectivity index (χ2n) is 8.51. The minimum Gasteiger partial charge on any atom is -0.459 e. The third-order valence-electron chi connectivity index (χ3n) is 4.70. The average molecular weight is 454 g/mol. The van der Waals surface area contributed by atoms with Crippen molar-refractivity contribution in [3.8, 4) is 6.07 Å². The first-order valence-electron chi connectivity index (χ1n) is 10.0. The highest BCUT2D eigenvalue weighted by Crippen LogP contribution is 2.33. The van der Waals surface area contributed by atoms with E-state index in [4.69, 9.17) is 9.73 Å². The molecule has 3 rings (SSSR count). The summed E-state index contributed by atoms with van der Waals surface area (Å²) in [5, 5.41) is 9.60. The van der Waals surface area contributed by atoms with Gasteiger partial charge < -0.3 is 4.74 Å². The zero-order chi connectivity index (χ0) is 23.6. The van der Waals surface area contributed by atoms with Gasteiger partial charge in [0.25, 0.3) is 5.91 Å². The van der Waals surface area contributed by atoms with Gasteiger partial charge in [-0.15, -0.1) is 0 Å².